The van der Waals surface area contributed by atoms with Gasteiger partial charge in [0, 0.05) is 20.7 Å². The molecule has 2 aromatic rings. The van der Waals surface area contributed by atoms with Gasteiger partial charge in [0.2, 0.25) is 0 Å². The van der Waals surface area contributed by atoms with E-state index in [1.54, 1.807) is 4.57 Å². The highest BCUT2D eigenvalue weighted by Gasteiger charge is 2.48. The van der Waals surface area contributed by atoms with E-state index in [-0.39, 0.29) is 36.7 Å². The van der Waals surface area contributed by atoms with E-state index >= 15 is 0 Å². The van der Waals surface area contributed by atoms with Crippen LogP contribution in [0, 0.1) is 5.82 Å². The first-order chi connectivity index (χ1) is 13.7. The summed E-state index contributed by atoms with van der Waals surface area (Å²) in [4.78, 5) is 8.58. The molecule has 0 radical (unpaired) electrons. The van der Waals surface area contributed by atoms with Gasteiger partial charge in [0.05, 0.1) is 18.7 Å². The van der Waals surface area contributed by atoms with Gasteiger partial charge in [0.25, 0.3) is 0 Å². The van der Waals surface area contributed by atoms with E-state index in [1.807, 2.05) is 0 Å². The minimum atomic E-state index is -1.23. The zero-order valence-corrected chi connectivity index (χ0v) is 19.2. The van der Waals surface area contributed by atoms with Crippen molar-refractivity contribution in [3.8, 4) is 6.01 Å². The maximum atomic E-state index is 14.1. The summed E-state index contributed by atoms with van der Waals surface area (Å²) < 4.78 is 39.0. The van der Waals surface area contributed by atoms with Crippen molar-refractivity contribution in [2.75, 3.05) is 19.8 Å². The summed E-state index contributed by atoms with van der Waals surface area (Å²) in [6, 6.07) is 2.63. The topological polar surface area (TPSA) is 87.9 Å². The van der Waals surface area contributed by atoms with Crippen molar-refractivity contribution >= 4 is 35.2 Å². The summed E-state index contributed by atoms with van der Waals surface area (Å²) in [6.45, 7) is 8.10. The number of rotatable bonds is 7. The summed E-state index contributed by atoms with van der Waals surface area (Å²) in [6.07, 6.45) is -1.87. The van der Waals surface area contributed by atoms with Gasteiger partial charge in [-0.05, 0) is 22.0 Å². The summed E-state index contributed by atoms with van der Waals surface area (Å²) in [5, 5.41) is 9.92. The Morgan fingerprint density at radius 1 is 1.28 bits per heavy atom. The van der Waals surface area contributed by atoms with Crippen molar-refractivity contribution in [1.29, 1.82) is 0 Å². The van der Waals surface area contributed by atoms with Crippen LogP contribution in [0.2, 0.25) is 25.7 Å². The van der Waals surface area contributed by atoms with Gasteiger partial charge in [-0.25, -0.2) is 9.37 Å². The molecule has 2 aliphatic rings. The molecule has 8 nitrogen and oxygen atoms in total. The van der Waals surface area contributed by atoms with Crippen molar-refractivity contribution in [1.82, 2.24) is 14.5 Å². The molecule has 2 aromatic heterocycles. The molecule has 0 amide bonds. The van der Waals surface area contributed by atoms with Crippen LogP contribution in [-0.2, 0) is 20.9 Å². The van der Waals surface area contributed by atoms with Crippen LogP contribution in [0.3, 0.4) is 0 Å². The highest BCUT2D eigenvalue weighted by atomic mass is 79.9. The van der Waals surface area contributed by atoms with Crippen LogP contribution in [-0.4, -0.2) is 72.0 Å². The fourth-order valence-corrected chi connectivity index (χ4v) is 4.45. The van der Waals surface area contributed by atoms with Gasteiger partial charge in [0.15, 0.2) is 17.6 Å². The standard InChI is InChI=1S/C18H25BrFN3O5Si/c1-29(2,3)5-4-25-9-23-11-6-10(20)16(19)21-17(11)22-18(23)28-13-8-27-14-12(24)7-26-15(13)14/h6,12-15,24H,4-5,7-9H2,1-3H3/t12-,13-,14-,15-/m1/s1. The molecule has 4 atom stereocenters. The van der Waals surface area contributed by atoms with Crippen LogP contribution < -0.4 is 4.74 Å². The number of pyridine rings is 1. The van der Waals surface area contributed by atoms with Crippen LogP contribution in [0.1, 0.15) is 0 Å². The van der Waals surface area contributed by atoms with Crippen LogP contribution in [0.4, 0.5) is 4.39 Å². The number of aromatic nitrogens is 3. The molecule has 4 heterocycles. The summed E-state index contributed by atoms with van der Waals surface area (Å²) in [5.74, 6) is -0.487. The molecule has 11 heteroatoms. The van der Waals surface area contributed by atoms with Gasteiger partial charge < -0.3 is 24.1 Å². The summed E-state index contributed by atoms with van der Waals surface area (Å²) in [5.41, 5.74) is 0.835. The Kier molecular flexibility index (Phi) is 5.97. The number of aliphatic hydroxyl groups is 1. The highest BCUT2D eigenvalue weighted by molar-refractivity contribution is 9.10. The lowest BCUT2D eigenvalue weighted by atomic mass is 10.1. The van der Waals surface area contributed by atoms with Crippen molar-refractivity contribution in [3.63, 3.8) is 0 Å². The Balaban J connectivity index is 1.57. The van der Waals surface area contributed by atoms with Crippen molar-refractivity contribution < 1.29 is 28.4 Å². The molecule has 1 N–H and O–H groups in total. The fraction of sp³-hybridized carbons (Fsp3) is 0.667. The molecule has 0 spiro atoms. The molecule has 2 saturated heterocycles. The first-order valence-electron chi connectivity index (χ1n) is 9.61. The van der Waals surface area contributed by atoms with E-state index in [2.05, 4.69) is 45.5 Å². The lowest BCUT2D eigenvalue weighted by molar-refractivity contribution is 0.00339. The lowest BCUT2D eigenvalue weighted by Crippen LogP contribution is -2.35. The predicted molar refractivity (Wildman–Crippen MR) is 109 cm³/mol. The Morgan fingerprint density at radius 3 is 2.79 bits per heavy atom. The Morgan fingerprint density at radius 2 is 2.03 bits per heavy atom. The van der Waals surface area contributed by atoms with Crippen LogP contribution in [0.25, 0.3) is 11.2 Å². The molecule has 0 bridgehead atoms. The van der Waals surface area contributed by atoms with E-state index in [0.29, 0.717) is 17.8 Å². The minimum Gasteiger partial charge on any atom is -0.456 e. The molecule has 0 unspecified atom stereocenters. The summed E-state index contributed by atoms with van der Waals surface area (Å²) in [7, 11) is -1.23. The van der Waals surface area contributed by atoms with Crippen LogP contribution in [0.15, 0.2) is 10.7 Å². The molecular formula is C18H25BrFN3O5Si. The molecule has 0 saturated carbocycles. The molecule has 0 aromatic carbocycles. The van der Waals surface area contributed by atoms with Crippen molar-refractivity contribution in [2.45, 2.75) is 56.8 Å². The number of hydrogen-bond acceptors (Lipinski definition) is 7. The number of imidazole rings is 1. The van der Waals surface area contributed by atoms with Crippen molar-refractivity contribution in [3.05, 3.63) is 16.5 Å². The monoisotopic (exact) mass is 489 g/mol. The SMILES string of the molecule is C[Si](C)(C)CCOCn1c(O[C@@H]2CO[C@H]3[C@@H]2OC[C@H]3O)nc2nc(Br)c(F)cc21. The van der Waals surface area contributed by atoms with E-state index in [4.69, 9.17) is 18.9 Å². The summed E-state index contributed by atoms with van der Waals surface area (Å²) >= 11 is 3.10. The second kappa shape index (κ2) is 8.20. The average molecular weight is 490 g/mol. The third kappa shape index (κ3) is 4.49. The van der Waals surface area contributed by atoms with E-state index in [9.17, 15) is 9.50 Å². The number of ether oxygens (including phenoxy) is 4. The van der Waals surface area contributed by atoms with E-state index < -0.39 is 32.2 Å². The molecule has 4 rings (SSSR count). The third-order valence-corrected chi connectivity index (χ3v) is 7.33. The van der Waals surface area contributed by atoms with Crippen LogP contribution >= 0.6 is 15.9 Å². The zero-order chi connectivity index (χ0) is 20.8. The lowest BCUT2D eigenvalue weighted by Gasteiger charge is -2.19. The van der Waals surface area contributed by atoms with Crippen molar-refractivity contribution in [2.24, 2.45) is 0 Å². The van der Waals surface area contributed by atoms with E-state index in [1.165, 1.54) is 6.07 Å². The number of halogens is 2. The Hall–Kier alpha value is -1.11. The number of aliphatic hydroxyl groups excluding tert-OH is 1. The number of hydrogen-bond donors (Lipinski definition) is 1. The number of nitrogens with zero attached hydrogens (tertiary/aromatic N) is 3. The zero-order valence-electron chi connectivity index (χ0n) is 16.6. The second-order valence-corrected chi connectivity index (χ2v) is 15.0. The third-order valence-electron chi connectivity index (χ3n) is 5.07. The van der Waals surface area contributed by atoms with Gasteiger partial charge in [-0.15, -0.1) is 0 Å². The molecule has 2 fully saturated rings. The van der Waals surface area contributed by atoms with Gasteiger partial charge >= 0.3 is 6.01 Å². The first kappa shape index (κ1) is 21.1. The Labute approximate surface area is 177 Å². The highest BCUT2D eigenvalue weighted by Crippen LogP contribution is 2.31. The maximum absolute atomic E-state index is 14.1. The predicted octanol–water partition coefficient (Wildman–Crippen LogP) is 2.55. The molecule has 160 valence electrons. The van der Waals surface area contributed by atoms with Gasteiger partial charge in [0.1, 0.15) is 29.6 Å². The smallest absolute Gasteiger partial charge is 0.301 e. The first-order valence-corrected chi connectivity index (χ1v) is 14.1. The average Bonchev–Trinajstić information content (AvgIpc) is 3.29. The molecule has 0 aliphatic carbocycles. The van der Waals surface area contributed by atoms with Gasteiger partial charge in [-0.2, -0.15) is 4.98 Å². The Bertz CT molecular complexity index is 892. The second-order valence-electron chi connectivity index (χ2n) is 8.59. The van der Waals surface area contributed by atoms with E-state index in [0.717, 1.165) is 6.04 Å². The number of fused-ring (bicyclic) bond motifs is 2. The maximum Gasteiger partial charge on any atom is 0.301 e. The minimum absolute atomic E-state index is 0.0902. The quantitative estimate of drug-likeness (QED) is 0.363. The normalized spacial score (nSPS) is 27.0. The van der Waals surface area contributed by atoms with Gasteiger partial charge in [-0.1, -0.05) is 19.6 Å². The largest absolute Gasteiger partial charge is 0.456 e. The molecular weight excluding hydrogens is 465 g/mol. The molecule has 2 aliphatic heterocycles. The van der Waals surface area contributed by atoms with Gasteiger partial charge in [-0.3, -0.25) is 4.57 Å². The van der Waals surface area contributed by atoms with Crippen LogP contribution in [0.5, 0.6) is 6.01 Å². The fourth-order valence-electron chi connectivity index (χ4n) is 3.41. The molecule has 29 heavy (non-hydrogen) atoms.